The summed E-state index contributed by atoms with van der Waals surface area (Å²) in [5.74, 6) is -0.262. The van der Waals surface area contributed by atoms with Crippen LogP contribution < -0.4 is 5.73 Å². The van der Waals surface area contributed by atoms with Crippen LogP contribution in [-0.4, -0.2) is 17.7 Å². The molecule has 3 nitrogen and oxygen atoms in total. The first-order chi connectivity index (χ1) is 5.12. The van der Waals surface area contributed by atoms with Crippen LogP contribution in [0.5, 0.6) is 0 Å². The molecule has 0 bridgehead atoms. The third kappa shape index (κ3) is 2.18. The monoisotopic (exact) mass is 152 g/mol. The zero-order chi connectivity index (χ0) is 8.32. The van der Waals surface area contributed by atoms with Crippen LogP contribution in [0.4, 0.5) is 0 Å². The molecule has 0 saturated heterocycles. The molecule has 0 aromatic carbocycles. The lowest BCUT2D eigenvalue weighted by Crippen LogP contribution is -2.20. The van der Waals surface area contributed by atoms with E-state index in [1.807, 2.05) is 19.1 Å². The predicted octanol–water partition coefficient (Wildman–Crippen LogP) is 0.651. The molecule has 1 heterocycles. The fourth-order valence-corrected chi connectivity index (χ4v) is 1.03. The van der Waals surface area contributed by atoms with Crippen molar-refractivity contribution in [3.8, 4) is 0 Å². The van der Waals surface area contributed by atoms with E-state index in [9.17, 15) is 4.79 Å². The molecular weight excluding hydrogens is 140 g/mol. The Morgan fingerprint density at radius 3 is 2.91 bits per heavy atom. The third-order valence-corrected chi connectivity index (χ3v) is 1.79. The van der Waals surface area contributed by atoms with Crippen molar-refractivity contribution in [2.45, 2.75) is 25.3 Å². The summed E-state index contributed by atoms with van der Waals surface area (Å²) in [6.07, 6.45) is 6.73. The zero-order valence-corrected chi connectivity index (χ0v) is 6.58. The summed E-state index contributed by atoms with van der Waals surface area (Å²) >= 11 is 0. The molecule has 11 heavy (non-hydrogen) atoms. The largest absolute Gasteiger partial charge is 0.370 e. The van der Waals surface area contributed by atoms with Gasteiger partial charge in [0.2, 0.25) is 5.91 Å². The summed E-state index contributed by atoms with van der Waals surface area (Å²) in [5.41, 5.74) is 4.83. The predicted molar refractivity (Wildman–Crippen MR) is 44.5 cm³/mol. The molecular formula is C8H12N2O. The Balaban J connectivity index is 2.42. The van der Waals surface area contributed by atoms with Crippen LogP contribution in [0, 0.1) is 0 Å². The fourth-order valence-electron chi connectivity index (χ4n) is 1.03. The number of rotatable bonds is 3. The second-order valence-electron chi connectivity index (χ2n) is 2.96. The van der Waals surface area contributed by atoms with E-state index in [4.69, 9.17) is 5.73 Å². The average Bonchev–Trinajstić information content (AvgIpc) is 2.33. The second kappa shape index (κ2) is 2.86. The number of hydrogen-bond acceptors (Lipinski definition) is 2. The maximum atomic E-state index is 10.4. The molecule has 60 valence electrons. The van der Waals surface area contributed by atoms with Gasteiger partial charge >= 0.3 is 0 Å². The Kier molecular flexibility index (Phi) is 2.08. The van der Waals surface area contributed by atoms with E-state index in [1.54, 1.807) is 6.21 Å². The summed E-state index contributed by atoms with van der Waals surface area (Å²) in [4.78, 5) is 14.6. The van der Waals surface area contributed by atoms with Gasteiger partial charge in [-0.05, 0) is 19.4 Å². The van der Waals surface area contributed by atoms with Gasteiger partial charge in [0.05, 0.1) is 5.54 Å². The van der Waals surface area contributed by atoms with Gasteiger partial charge in [-0.25, -0.2) is 0 Å². The minimum absolute atomic E-state index is 0.185. The van der Waals surface area contributed by atoms with Crippen molar-refractivity contribution in [1.29, 1.82) is 0 Å². The summed E-state index contributed by atoms with van der Waals surface area (Å²) in [7, 11) is 0. The Hall–Kier alpha value is -1.12. The SMILES string of the molecule is CC1(CCC(N)=O)C=CC=N1. The number of hydrogen-bond donors (Lipinski definition) is 1. The second-order valence-corrected chi connectivity index (χ2v) is 2.96. The lowest BCUT2D eigenvalue weighted by molar-refractivity contribution is -0.118. The molecule has 2 N–H and O–H groups in total. The molecule has 1 aliphatic heterocycles. The van der Waals surface area contributed by atoms with Gasteiger partial charge < -0.3 is 5.73 Å². The highest BCUT2D eigenvalue weighted by molar-refractivity contribution is 5.76. The smallest absolute Gasteiger partial charge is 0.217 e. The Morgan fingerprint density at radius 1 is 1.73 bits per heavy atom. The molecule has 1 rings (SSSR count). The van der Waals surface area contributed by atoms with Gasteiger partial charge in [0.25, 0.3) is 0 Å². The minimum atomic E-state index is -0.262. The first kappa shape index (κ1) is 7.98. The molecule has 0 fully saturated rings. The number of primary amides is 1. The van der Waals surface area contributed by atoms with Gasteiger partial charge in [0.15, 0.2) is 0 Å². The third-order valence-electron chi connectivity index (χ3n) is 1.79. The lowest BCUT2D eigenvalue weighted by atomic mass is 9.97. The summed E-state index contributed by atoms with van der Waals surface area (Å²) in [6, 6.07) is 0. The molecule has 0 aromatic heterocycles. The van der Waals surface area contributed by atoms with Crippen LogP contribution in [0.1, 0.15) is 19.8 Å². The first-order valence-corrected chi connectivity index (χ1v) is 3.64. The molecule has 1 aliphatic rings. The highest BCUT2D eigenvalue weighted by Crippen LogP contribution is 2.21. The molecule has 1 unspecified atom stereocenters. The fraction of sp³-hybridized carbons (Fsp3) is 0.500. The molecule has 3 heteroatoms. The van der Waals surface area contributed by atoms with Crippen LogP contribution in [0.25, 0.3) is 0 Å². The quantitative estimate of drug-likeness (QED) is 0.634. The van der Waals surface area contributed by atoms with E-state index in [2.05, 4.69) is 4.99 Å². The van der Waals surface area contributed by atoms with Crippen LogP contribution >= 0.6 is 0 Å². The van der Waals surface area contributed by atoms with Crippen LogP contribution in [0.2, 0.25) is 0 Å². The lowest BCUT2D eigenvalue weighted by Gasteiger charge is -2.16. The van der Waals surface area contributed by atoms with Gasteiger partial charge in [-0.1, -0.05) is 6.08 Å². The van der Waals surface area contributed by atoms with E-state index in [0.29, 0.717) is 12.8 Å². The number of nitrogens with zero attached hydrogens (tertiary/aromatic N) is 1. The van der Waals surface area contributed by atoms with Crippen LogP contribution in [0.15, 0.2) is 17.1 Å². The van der Waals surface area contributed by atoms with E-state index in [1.165, 1.54) is 0 Å². The standard InChI is InChI=1S/C8H12N2O/c1-8(4-2-6-10-8)5-3-7(9)11/h2,4,6H,3,5H2,1H3,(H2,9,11). The van der Waals surface area contributed by atoms with E-state index < -0.39 is 0 Å². The molecule has 0 aromatic rings. The maximum Gasteiger partial charge on any atom is 0.217 e. The number of carbonyl (C=O) groups is 1. The average molecular weight is 152 g/mol. The van der Waals surface area contributed by atoms with Gasteiger partial charge in [-0.2, -0.15) is 0 Å². The van der Waals surface area contributed by atoms with E-state index in [0.717, 1.165) is 0 Å². The molecule has 1 amide bonds. The molecule has 0 aliphatic carbocycles. The van der Waals surface area contributed by atoms with Crippen molar-refractivity contribution >= 4 is 12.1 Å². The topological polar surface area (TPSA) is 55.5 Å². The number of aliphatic imine (C=N–C) groups is 1. The number of allylic oxidation sites excluding steroid dienone is 1. The molecule has 0 saturated carbocycles. The van der Waals surface area contributed by atoms with Crippen molar-refractivity contribution in [2.24, 2.45) is 10.7 Å². The van der Waals surface area contributed by atoms with Crippen molar-refractivity contribution in [3.63, 3.8) is 0 Å². The maximum absolute atomic E-state index is 10.4. The number of amides is 1. The van der Waals surface area contributed by atoms with Crippen molar-refractivity contribution < 1.29 is 4.79 Å². The Labute approximate surface area is 66.0 Å². The van der Waals surface area contributed by atoms with E-state index >= 15 is 0 Å². The van der Waals surface area contributed by atoms with Crippen molar-refractivity contribution in [2.75, 3.05) is 0 Å². The van der Waals surface area contributed by atoms with Crippen LogP contribution in [0.3, 0.4) is 0 Å². The highest BCUT2D eigenvalue weighted by Gasteiger charge is 2.21. The summed E-state index contributed by atoms with van der Waals surface area (Å²) in [5, 5.41) is 0. The molecule has 0 spiro atoms. The van der Waals surface area contributed by atoms with Gasteiger partial charge in [-0.3, -0.25) is 9.79 Å². The number of carbonyl (C=O) groups excluding carboxylic acids is 1. The van der Waals surface area contributed by atoms with Gasteiger partial charge in [-0.15, -0.1) is 0 Å². The van der Waals surface area contributed by atoms with Crippen molar-refractivity contribution in [1.82, 2.24) is 0 Å². The summed E-state index contributed by atoms with van der Waals surface area (Å²) < 4.78 is 0. The number of nitrogens with two attached hydrogens (primary N) is 1. The Bertz CT molecular complexity index is 206. The van der Waals surface area contributed by atoms with Gasteiger partial charge in [0.1, 0.15) is 0 Å². The molecule has 1 atom stereocenters. The summed E-state index contributed by atoms with van der Waals surface area (Å²) in [6.45, 7) is 1.98. The van der Waals surface area contributed by atoms with Crippen LogP contribution in [-0.2, 0) is 4.79 Å². The minimum Gasteiger partial charge on any atom is -0.370 e. The zero-order valence-electron chi connectivity index (χ0n) is 6.58. The highest BCUT2D eigenvalue weighted by atomic mass is 16.1. The molecule has 0 radical (unpaired) electrons. The first-order valence-electron chi connectivity index (χ1n) is 3.64. The van der Waals surface area contributed by atoms with E-state index in [-0.39, 0.29) is 11.4 Å². The normalized spacial score (nSPS) is 27.7. The Morgan fingerprint density at radius 2 is 2.45 bits per heavy atom. The van der Waals surface area contributed by atoms with Crippen molar-refractivity contribution in [3.05, 3.63) is 12.2 Å². The van der Waals surface area contributed by atoms with Gasteiger partial charge in [0, 0.05) is 12.6 Å².